The molecule has 0 radical (unpaired) electrons. The molecule has 0 heterocycles. The summed E-state index contributed by atoms with van der Waals surface area (Å²) in [4.78, 5) is 11.0. The van der Waals surface area contributed by atoms with E-state index >= 15 is 0 Å². The van der Waals surface area contributed by atoms with E-state index in [1.165, 1.54) is 0 Å². The molecule has 0 unspecified atom stereocenters. The highest BCUT2D eigenvalue weighted by atomic mass is 79.9. The number of carbonyl (C=O) groups excluding carboxylic acids is 1. The predicted molar refractivity (Wildman–Crippen MR) is 57.1 cm³/mol. The second-order valence-corrected chi connectivity index (χ2v) is 3.61. The van der Waals surface area contributed by atoms with E-state index in [0.717, 1.165) is 23.7 Å². The topological polar surface area (TPSA) is 43.1 Å². The van der Waals surface area contributed by atoms with Crippen LogP contribution in [0, 0.1) is 0 Å². The number of aryl methyl sites for hydroxylation is 1. The van der Waals surface area contributed by atoms with Crippen LogP contribution in [-0.4, -0.2) is 11.2 Å². The summed E-state index contributed by atoms with van der Waals surface area (Å²) in [6.45, 7) is 0. The molecule has 3 heteroatoms. The van der Waals surface area contributed by atoms with Crippen molar-refractivity contribution in [1.82, 2.24) is 0 Å². The Morgan fingerprint density at radius 2 is 2.08 bits per heavy atom. The van der Waals surface area contributed by atoms with Crippen LogP contribution in [0.4, 0.5) is 0 Å². The SMILES string of the molecule is NC(=O)c1ccccc1CCCBr. The molecule has 0 fully saturated rings. The molecule has 0 aliphatic heterocycles. The van der Waals surface area contributed by atoms with Gasteiger partial charge in [-0.25, -0.2) is 0 Å². The average Bonchev–Trinajstić information content (AvgIpc) is 2.15. The molecule has 70 valence electrons. The second-order valence-electron chi connectivity index (χ2n) is 2.81. The molecular weight excluding hydrogens is 230 g/mol. The number of hydrogen-bond acceptors (Lipinski definition) is 1. The molecule has 0 aliphatic carbocycles. The number of amides is 1. The molecule has 2 nitrogen and oxygen atoms in total. The number of rotatable bonds is 4. The standard InChI is InChI=1S/C10H12BrNO/c11-7-3-5-8-4-1-2-6-9(8)10(12)13/h1-2,4,6H,3,5,7H2,(H2,12,13). The fraction of sp³-hybridized carbons (Fsp3) is 0.300. The molecule has 0 spiro atoms. The quantitative estimate of drug-likeness (QED) is 0.807. The maximum atomic E-state index is 11.0. The first-order valence-electron chi connectivity index (χ1n) is 4.19. The van der Waals surface area contributed by atoms with Gasteiger partial charge in [-0.15, -0.1) is 0 Å². The third kappa shape index (κ3) is 2.84. The maximum Gasteiger partial charge on any atom is 0.248 e. The van der Waals surface area contributed by atoms with Gasteiger partial charge in [-0.1, -0.05) is 34.1 Å². The molecule has 0 saturated carbocycles. The molecule has 1 aromatic rings. The Labute approximate surface area is 86.3 Å². The monoisotopic (exact) mass is 241 g/mol. The summed E-state index contributed by atoms with van der Waals surface area (Å²) in [5.74, 6) is -0.342. The molecular formula is C10H12BrNO. The minimum Gasteiger partial charge on any atom is -0.366 e. The van der Waals surface area contributed by atoms with E-state index < -0.39 is 0 Å². The summed E-state index contributed by atoms with van der Waals surface area (Å²) in [5.41, 5.74) is 6.91. The number of carbonyl (C=O) groups is 1. The van der Waals surface area contributed by atoms with Gasteiger partial charge in [0.2, 0.25) is 5.91 Å². The molecule has 0 bridgehead atoms. The van der Waals surface area contributed by atoms with E-state index in [-0.39, 0.29) is 5.91 Å². The van der Waals surface area contributed by atoms with Gasteiger partial charge in [0.1, 0.15) is 0 Å². The van der Waals surface area contributed by atoms with E-state index in [1.54, 1.807) is 6.07 Å². The van der Waals surface area contributed by atoms with Gasteiger partial charge >= 0.3 is 0 Å². The van der Waals surface area contributed by atoms with Gasteiger partial charge < -0.3 is 5.73 Å². The van der Waals surface area contributed by atoms with E-state index in [9.17, 15) is 4.79 Å². The molecule has 0 aromatic heterocycles. The number of primary amides is 1. The summed E-state index contributed by atoms with van der Waals surface area (Å²) < 4.78 is 0. The normalized spacial score (nSPS) is 9.92. The van der Waals surface area contributed by atoms with Crippen molar-refractivity contribution >= 4 is 21.8 Å². The van der Waals surface area contributed by atoms with E-state index in [4.69, 9.17) is 5.73 Å². The van der Waals surface area contributed by atoms with Gasteiger partial charge in [-0.3, -0.25) is 4.79 Å². The Bertz CT molecular complexity index is 299. The first-order valence-corrected chi connectivity index (χ1v) is 5.31. The van der Waals surface area contributed by atoms with Crippen molar-refractivity contribution in [2.45, 2.75) is 12.8 Å². The third-order valence-electron chi connectivity index (χ3n) is 1.86. The molecule has 0 saturated heterocycles. The number of halogens is 1. The molecule has 1 aromatic carbocycles. The van der Waals surface area contributed by atoms with Crippen molar-refractivity contribution in [1.29, 1.82) is 0 Å². The van der Waals surface area contributed by atoms with Crippen LogP contribution in [0.25, 0.3) is 0 Å². The maximum absolute atomic E-state index is 11.0. The Hall–Kier alpha value is -0.830. The van der Waals surface area contributed by atoms with Crippen LogP contribution in [0.1, 0.15) is 22.3 Å². The van der Waals surface area contributed by atoms with Gasteiger partial charge in [0.05, 0.1) is 0 Å². The number of benzene rings is 1. The Kier molecular flexibility index (Phi) is 3.96. The summed E-state index contributed by atoms with van der Waals surface area (Å²) in [7, 11) is 0. The smallest absolute Gasteiger partial charge is 0.248 e. The Balaban J connectivity index is 2.84. The first-order chi connectivity index (χ1) is 6.25. The van der Waals surface area contributed by atoms with Gasteiger partial charge in [0, 0.05) is 10.9 Å². The number of alkyl halides is 1. The fourth-order valence-corrected chi connectivity index (χ4v) is 1.52. The molecule has 0 aliphatic rings. The molecule has 0 atom stereocenters. The van der Waals surface area contributed by atoms with Gasteiger partial charge in [0.15, 0.2) is 0 Å². The van der Waals surface area contributed by atoms with E-state index in [1.807, 2.05) is 18.2 Å². The third-order valence-corrected chi connectivity index (χ3v) is 2.42. The van der Waals surface area contributed by atoms with Gasteiger partial charge in [-0.05, 0) is 24.5 Å². The summed E-state index contributed by atoms with van der Waals surface area (Å²) in [5, 5.41) is 0.945. The fourth-order valence-electron chi connectivity index (χ4n) is 1.24. The second kappa shape index (κ2) is 5.02. The summed E-state index contributed by atoms with van der Waals surface area (Å²) >= 11 is 3.35. The highest BCUT2D eigenvalue weighted by Crippen LogP contribution is 2.10. The van der Waals surface area contributed by atoms with Crippen LogP contribution in [0.2, 0.25) is 0 Å². The zero-order valence-corrected chi connectivity index (χ0v) is 8.88. The average molecular weight is 242 g/mol. The highest BCUT2D eigenvalue weighted by Gasteiger charge is 2.05. The van der Waals surface area contributed by atoms with E-state index in [0.29, 0.717) is 5.56 Å². The van der Waals surface area contributed by atoms with Crippen LogP contribution in [-0.2, 0) is 6.42 Å². The molecule has 13 heavy (non-hydrogen) atoms. The minimum absolute atomic E-state index is 0.342. The van der Waals surface area contributed by atoms with Crippen molar-refractivity contribution < 1.29 is 4.79 Å². The van der Waals surface area contributed by atoms with Crippen LogP contribution >= 0.6 is 15.9 Å². The largest absolute Gasteiger partial charge is 0.366 e. The highest BCUT2D eigenvalue weighted by molar-refractivity contribution is 9.09. The van der Waals surface area contributed by atoms with Crippen LogP contribution in [0.5, 0.6) is 0 Å². The van der Waals surface area contributed by atoms with Gasteiger partial charge in [0.25, 0.3) is 0 Å². The zero-order chi connectivity index (χ0) is 9.68. The lowest BCUT2D eigenvalue weighted by Crippen LogP contribution is -2.13. The van der Waals surface area contributed by atoms with E-state index in [2.05, 4.69) is 15.9 Å². The van der Waals surface area contributed by atoms with Crippen molar-refractivity contribution in [3.8, 4) is 0 Å². The zero-order valence-electron chi connectivity index (χ0n) is 7.29. The van der Waals surface area contributed by atoms with Crippen LogP contribution < -0.4 is 5.73 Å². The lowest BCUT2D eigenvalue weighted by molar-refractivity contribution is 0.0999. The summed E-state index contributed by atoms with van der Waals surface area (Å²) in [6, 6.07) is 7.47. The lowest BCUT2D eigenvalue weighted by atomic mass is 10.0. The molecule has 1 amide bonds. The number of hydrogen-bond donors (Lipinski definition) is 1. The lowest BCUT2D eigenvalue weighted by Gasteiger charge is -2.04. The van der Waals surface area contributed by atoms with Crippen molar-refractivity contribution in [2.75, 3.05) is 5.33 Å². The van der Waals surface area contributed by atoms with Crippen molar-refractivity contribution in [3.63, 3.8) is 0 Å². The van der Waals surface area contributed by atoms with Crippen molar-refractivity contribution in [3.05, 3.63) is 35.4 Å². The van der Waals surface area contributed by atoms with Crippen molar-refractivity contribution in [2.24, 2.45) is 5.73 Å². The Morgan fingerprint density at radius 3 is 2.69 bits per heavy atom. The molecule has 2 N–H and O–H groups in total. The molecule has 1 rings (SSSR count). The van der Waals surface area contributed by atoms with Crippen LogP contribution in [0.15, 0.2) is 24.3 Å². The number of nitrogens with two attached hydrogens (primary N) is 1. The Morgan fingerprint density at radius 1 is 1.38 bits per heavy atom. The van der Waals surface area contributed by atoms with Crippen LogP contribution in [0.3, 0.4) is 0 Å². The summed E-state index contributed by atoms with van der Waals surface area (Å²) in [6.07, 6.45) is 1.91. The first kappa shape index (κ1) is 10.3. The predicted octanol–water partition coefficient (Wildman–Crippen LogP) is 2.11. The van der Waals surface area contributed by atoms with Gasteiger partial charge in [-0.2, -0.15) is 0 Å². The minimum atomic E-state index is -0.342.